The summed E-state index contributed by atoms with van der Waals surface area (Å²) in [5.74, 6) is 0.874. The van der Waals surface area contributed by atoms with Crippen LogP contribution in [-0.2, 0) is 12.8 Å². The van der Waals surface area contributed by atoms with Crippen LogP contribution in [0.2, 0.25) is 0 Å². The largest absolute Gasteiger partial charge is 0.478 e. The van der Waals surface area contributed by atoms with Crippen molar-refractivity contribution >= 4 is 28.5 Å². The molecule has 6 heteroatoms. The molecule has 0 fully saturated rings. The van der Waals surface area contributed by atoms with Gasteiger partial charge in [-0.05, 0) is 60.4 Å². The molecule has 0 aliphatic heterocycles. The van der Waals surface area contributed by atoms with Gasteiger partial charge in [-0.25, -0.2) is 9.79 Å². The Morgan fingerprint density at radius 3 is 2.65 bits per heavy atom. The Kier molecular flexibility index (Phi) is 5.55. The van der Waals surface area contributed by atoms with Crippen LogP contribution in [0.25, 0.3) is 11.3 Å². The van der Waals surface area contributed by atoms with Crippen molar-refractivity contribution in [2.45, 2.75) is 40.0 Å². The molecule has 0 unspecified atom stereocenters. The van der Waals surface area contributed by atoms with E-state index in [2.05, 4.69) is 31.8 Å². The highest BCUT2D eigenvalue weighted by Gasteiger charge is 2.32. The first kappa shape index (κ1) is 21.1. The van der Waals surface area contributed by atoms with E-state index in [1.807, 2.05) is 12.1 Å². The Hall–Kier alpha value is -3.17. The number of hydrogen-bond acceptors (Lipinski definition) is 5. The van der Waals surface area contributed by atoms with Crippen molar-refractivity contribution in [1.29, 1.82) is 5.26 Å². The molecule has 2 aromatic heterocycles. The van der Waals surface area contributed by atoms with E-state index in [1.165, 1.54) is 10.4 Å². The molecule has 1 N–H and O–H groups in total. The first-order valence-electron chi connectivity index (χ1n) is 10.3. The molecule has 0 spiro atoms. The quantitative estimate of drug-likeness (QED) is 0.478. The molecular weight excluding hydrogens is 408 g/mol. The third kappa shape index (κ3) is 4.33. The van der Waals surface area contributed by atoms with Gasteiger partial charge in [0, 0.05) is 10.4 Å². The number of nitrogens with zero attached hydrogens (tertiary/aromatic N) is 2. The van der Waals surface area contributed by atoms with Gasteiger partial charge in [0.2, 0.25) is 0 Å². The fourth-order valence-electron chi connectivity index (χ4n) is 3.99. The predicted octanol–water partition coefficient (Wildman–Crippen LogP) is 6.48. The molecule has 5 nitrogen and oxygen atoms in total. The molecular formula is C25H24N2O3S. The van der Waals surface area contributed by atoms with Gasteiger partial charge in [-0.2, -0.15) is 5.26 Å². The standard InChI is InChI=1S/C25H24N2O3S/c1-25(2,3)17-8-10-19-20(13-26)23(31-22(19)12-17)27-14-18-9-11-21(30-18)15-4-6-16(7-5-15)24(28)29/h4-7,9,11,14,17H,8,10,12H2,1-3H3,(H,28,29)/t17-/m1/s1. The molecule has 158 valence electrons. The van der Waals surface area contributed by atoms with E-state index in [0.29, 0.717) is 23.0 Å². The molecule has 31 heavy (non-hydrogen) atoms. The van der Waals surface area contributed by atoms with Crippen molar-refractivity contribution in [1.82, 2.24) is 0 Å². The molecule has 1 atom stereocenters. The molecule has 0 radical (unpaired) electrons. The zero-order chi connectivity index (χ0) is 22.2. The van der Waals surface area contributed by atoms with Gasteiger partial charge in [-0.15, -0.1) is 11.3 Å². The Balaban J connectivity index is 1.55. The molecule has 1 aliphatic rings. The summed E-state index contributed by atoms with van der Waals surface area (Å²) >= 11 is 1.62. The number of aromatic carboxylic acids is 1. The van der Waals surface area contributed by atoms with Crippen molar-refractivity contribution in [3.05, 3.63) is 63.7 Å². The first-order chi connectivity index (χ1) is 14.8. The number of thiophene rings is 1. The number of carboxylic acids is 1. The number of hydrogen-bond donors (Lipinski definition) is 1. The highest BCUT2D eigenvalue weighted by atomic mass is 32.1. The van der Waals surface area contributed by atoms with Crippen molar-refractivity contribution in [3.63, 3.8) is 0 Å². The molecule has 0 saturated heterocycles. The van der Waals surface area contributed by atoms with Gasteiger partial charge in [-0.3, -0.25) is 0 Å². The average molecular weight is 433 g/mol. The van der Waals surface area contributed by atoms with Crippen molar-refractivity contribution < 1.29 is 14.3 Å². The Morgan fingerprint density at radius 2 is 2.00 bits per heavy atom. The maximum atomic E-state index is 11.0. The average Bonchev–Trinajstić information content (AvgIpc) is 3.35. The normalized spacial score (nSPS) is 16.3. The molecule has 2 heterocycles. The van der Waals surface area contributed by atoms with Crippen LogP contribution >= 0.6 is 11.3 Å². The van der Waals surface area contributed by atoms with Crippen LogP contribution in [0.4, 0.5) is 5.00 Å². The van der Waals surface area contributed by atoms with Crippen molar-refractivity contribution in [2.75, 3.05) is 0 Å². The summed E-state index contributed by atoms with van der Waals surface area (Å²) in [5, 5.41) is 19.5. The highest BCUT2D eigenvalue weighted by Crippen LogP contribution is 2.44. The third-order valence-corrected chi connectivity index (χ3v) is 7.10. The minimum Gasteiger partial charge on any atom is -0.478 e. The monoisotopic (exact) mass is 432 g/mol. The van der Waals surface area contributed by atoms with E-state index < -0.39 is 5.97 Å². The van der Waals surface area contributed by atoms with Gasteiger partial charge < -0.3 is 9.52 Å². The first-order valence-corrected chi connectivity index (χ1v) is 11.1. The van der Waals surface area contributed by atoms with E-state index in [9.17, 15) is 10.1 Å². The van der Waals surface area contributed by atoms with Crippen LogP contribution in [0.15, 0.2) is 45.8 Å². The van der Waals surface area contributed by atoms with Gasteiger partial charge in [0.25, 0.3) is 0 Å². The van der Waals surface area contributed by atoms with E-state index in [4.69, 9.17) is 9.52 Å². The number of aliphatic imine (C=N–C) groups is 1. The zero-order valence-electron chi connectivity index (χ0n) is 17.8. The maximum absolute atomic E-state index is 11.0. The SMILES string of the molecule is CC(C)(C)[C@@H]1CCc2c(sc(N=Cc3ccc(-c4ccc(C(=O)O)cc4)o3)c2C#N)C1. The van der Waals surface area contributed by atoms with Gasteiger partial charge >= 0.3 is 5.97 Å². The van der Waals surface area contributed by atoms with Gasteiger partial charge in [0.15, 0.2) is 0 Å². The maximum Gasteiger partial charge on any atom is 0.335 e. The third-order valence-electron chi connectivity index (χ3n) is 5.94. The molecule has 0 bridgehead atoms. The van der Waals surface area contributed by atoms with Crippen LogP contribution in [-0.4, -0.2) is 17.3 Å². The van der Waals surface area contributed by atoms with Crippen LogP contribution in [0, 0.1) is 22.7 Å². The summed E-state index contributed by atoms with van der Waals surface area (Å²) in [6.07, 6.45) is 4.69. The van der Waals surface area contributed by atoms with Crippen LogP contribution in [0.5, 0.6) is 0 Å². The number of rotatable bonds is 4. The molecule has 4 rings (SSSR count). The lowest BCUT2D eigenvalue weighted by Crippen LogP contribution is -2.26. The Labute approximate surface area is 185 Å². The Bertz CT molecular complexity index is 1190. The van der Waals surface area contributed by atoms with Crippen molar-refractivity contribution in [2.24, 2.45) is 16.3 Å². The van der Waals surface area contributed by atoms with Gasteiger partial charge in [0.05, 0.1) is 17.3 Å². The fourth-order valence-corrected chi connectivity index (χ4v) is 5.22. The van der Waals surface area contributed by atoms with E-state index in [0.717, 1.165) is 29.8 Å². The Morgan fingerprint density at radius 1 is 1.26 bits per heavy atom. The number of fused-ring (bicyclic) bond motifs is 1. The topological polar surface area (TPSA) is 86.6 Å². The minimum absolute atomic E-state index is 0.233. The smallest absolute Gasteiger partial charge is 0.335 e. The highest BCUT2D eigenvalue weighted by molar-refractivity contribution is 7.16. The van der Waals surface area contributed by atoms with Gasteiger partial charge in [-0.1, -0.05) is 32.9 Å². The number of carbonyl (C=O) groups is 1. The summed E-state index contributed by atoms with van der Waals surface area (Å²) in [7, 11) is 0. The summed E-state index contributed by atoms with van der Waals surface area (Å²) < 4.78 is 5.85. The molecule has 0 amide bonds. The van der Waals surface area contributed by atoms with E-state index in [-0.39, 0.29) is 11.0 Å². The summed E-state index contributed by atoms with van der Waals surface area (Å²) in [5.41, 5.74) is 3.14. The lowest BCUT2D eigenvalue weighted by molar-refractivity contribution is 0.0697. The van der Waals surface area contributed by atoms with Gasteiger partial charge in [0.1, 0.15) is 22.6 Å². The van der Waals surface area contributed by atoms with Crippen molar-refractivity contribution in [3.8, 4) is 17.4 Å². The second-order valence-corrected chi connectivity index (χ2v) is 10.0. The number of carboxylic acid groups (broad SMARTS) is 1. The number of benzene rings is 1. The fraction of sp³-hybridized carbons (Fsp3) is 0.320. The van der Waals surface area contributed by atoms with E-state index >= 15 is 0 Å². The lowest BCUT2D eigenvalue weighted by atomic mass is 9.72. The minimum atomic E-state index is -0.959. The molecule has 3 aromatic rings. The second-order valence-electron chi connectivity index (χ2n) is 8.94. The summed E-state index contributed by atoms with van der Waals surface area (Å²) in [4.78, 5) is 16.9. The van der Waals surface area contributed by atoms with Crippen LogP contribution in [0.3, 0.4) is 0 Å². The molecule has 1 aromatic carbocycles. The zero-order valence-corrected chi connectivity index (χ0v) is 18.6. The molecule has 0 saturated carbocycles. The molecule has 1 aliphatic carbocycles. The summed E-state index contributed by atoms with van der Waals surface area (Å²) in [6.45, 7) is 6.85. The lowest BCUT2D eigenvalue weighted by Gasteiger charge is -2.33. The van der Waals surface area contributed by atoms with Crippen LogP contribution in [0.1, 0.15) is 59.3 Å². The predicted molar refractivity (Wildman–Crippen MR) is 122 cm³/mol. The summed E-state index contributed by atoms with van der Waals surface area (Å²) in [6, 6.07) is 12.5. The second kappa shape index (κ2) is 8.16. The number of furan rings is 1. The van der Waals surface area contributed by atoms with E-state index in [1.54, 1.807) is 41.8 Å². The van der Waals surface area contributed by atoms with Crippen LogP contribution < -0.4 is 0 Å². The number of nitriles is 1.